The van der Waals surface area contributed by atoms with E-state index >= 15 is 0 Å². The third-order valence-corrected chi connectivity index (χ3v) is 8.52. The van der Waals surface area contributed by atoms with Crippen LogP contribution in [0, 0.1) is 5.92 Å². The first kappa shape index (κ1) is 21.7. The second-order valence-electron chi connectivity index (χ2n) is 9.13. The number of sulfonamides is 1. The van der Waals surface area contributed by atoms with Gasteiger partial charge >= 0.3 is 0 Å². The molecule has 5 nitrogen and oxygen atoms in total. The van der Waals surface area contributed by atoms with Gasteiger partial charge in [-0.25, -0.2) is 8.42 Å². The number of methoxy groups -OCH3 is 1. The zero-order chi connectivity index (χ0) is 24.0. The zero-order valence-corrected chi connectivity index (χ0v) is 20.1. The van der Waals surface area contributed by atoms with E-state index in [1.807, 2.05) is 12.1 Å². The van der Waals surface area contributed by atoms with Gasteiger partial charge in [-0.2, -0.15) is 0 Å². The lowest BCUT2D eigenvalue weighted by atomic mass is 9.76. The van der Waals surface area contributed by atoms with Crippen LogP contribution in [0.2, 0.25) is 0 Å². The molecule has 4 aromatic carbocycles. The molecular formula is C29H26N2O3S. The van der Waals surface area contributed by atoms with Crippen LogP contribution < -0.4 is 14.8 Å². The number of fused-ring (bicyclic) bond motifs is 4. The summed E-state index contributed by atoms with van der Waals surface area (Å²) in [6.45, 7) is 0. The van der Waals surface area contributed by atoms with Crippen molar-refractivity contribution in [2.45, 2.75) is 23.3 Å². The summed E-state index contributed by atoms with van der Waals surface area (Å²) < 4.78 is 34.2. The molecule has 0 amide bonds. The van der Waals surface area contributed by atoms with Crippen LogP contribution in [0.25, 0.3) is 10.8 Å². The standard InChI is InChI=1S/C29H26N2O3S/c1-34-21-14-12-20(13-15-21)31-35(32,33)22-16-17-28-27(18-22)24-9-5-11-26(24)29(30-28)25-10-4-7-19-6-2-3-8-23(19)25/h2-10,12-18,24,26,29-31H,11H2,1H3. The second-order valence-corrected chi connectivity index (χ2v) is 10.8. The van der Waals surface area contributed by atoms with Gasteiger partial charge in [-0.05, 0) is 76.7 Å². The minimum absolute atomic E-state index is 0.147. The van der Waals surface area contributed by atoms with Crippen LogP contribution in [0.5, 0.6) is 5.75 Å². The summed E-state index contributed by atoms with van der Waals surface area (Å²) in [6.07, 6.45) is 5.41. The Morgan fingerprint density at radius 3 is 2.54 bits per heavy atom. The van der Waals surface area contributed by atoms with Gasteiger partial charge in [0, 0.05) is 17.3 Å². The number of anilines is 2. The largest absolute Gasteiger partial charge is 0.497 e. The highest BCUT2D eigenvalue weighted by Gasteiger charge is 2.39. The first-order valence-corrected chi connectivity index (χ1v) is 13.2. The first-order valence-electron chi connectivity index (χ1n) is 11.8. The van der Waals surface area contributed by atoms with Crippen molar-refractivity contribution in [3.8, 4) is 5.75 Å². The fraction of sp³-hybridized carbons (Fsp3) is 0.172. The quantitative estimate of drug-likeness (QED) is 0.320. The Morgan fingerprint density at radius 1 is 0.914 bits per heavy atom. The summed E-state index contributed by atoms with van der Waals surface area (Å²) in [5.74, 6) is 1.15. The van der Waals surface area contributed by atoms with E-state index in [9.17, 15) is 8.42 Å². The monoisotopic (exact) mass is 482 g/mol. The molecule has 4 aromatic rings. The molecule has 3 unspecified atom stereocenters. The topological polar surface area (TPSA) is 67.4 Å². The molecule has 0 fully saturated rings. The average Bonchev–Trinajstić information content (AvgIpc) is 3.38. The molecular weight excluding hydrogens is 456 g/mol. The Morgan fingerprint density at radius 2 is 1.71 bits per heavy atom. The third kappa shape index (κ3) is 3.84. The smallest absolute Gasteiger partial charge is 0.261 e. The van der Waals surface area contributed by atoms with Crippen molar-refractivity contribution < 1.29 is 13.2 Å². The van der Waals surface area contributed by atoms with Crippen molar-refractivity contribution in [1.29, 1.82) is 0 Å². The van der Waals surface area contributed by atoms with Gasteiger partial charge < -0.3 is 10.1 Å². The maximum atomic E-state index is 13.2. The molecule has 2 aliphatic rings. The molecule has 0 saturated heterocycles. The lowest BCUT2D eigenvalue weighted by Crippen LogP contribution is -2.29. The normalized spacial score (nSPS) is 20.7. The lowest BCUT2D eigenvalue weighted by Gasteiger charge is -2.38. The number of allylic oxidation sites excluding steroid dienone is 2. The number of hydrogen-bond acceptors (Lipinski definition) is 4. The minimum Gasteiger partial charge on any atom is -0.497 e. The predicted molar refractivity (Wildman–Crippen MR) is 141 cm³/mol. The first-order chi connectivity index (χ1) is 17.0. The summed E-state index contributed by atoms with van der Waals surface area (Å²) in [6, 6.07) is 27.3. The molecule has 35 heavy (non-hydrogen) atoms. The fourth-order valence-corrected chi connectivity index (χ4v) is 6.54. The summed E-state index contributed by atoms with van der Waals surface area (Å²) >= 11 is 0. The van der Waals surface area contributed by atoms with Crippen molar-refractivity contribution in [1.82, 2.24) is 0 Å². The SMILES string of the molecule is COc1ccc(NS(=O)(=O)c2ccc3c(c2)C2C=CCC2C(c2cccc4ccccc24)N3)cc1. The zero-order valence-electron chi connectivity index (χ0n) is 19.3. The Bertz CT molecular complexity index is 1540. The number of ether oxygens (including phenoxy) is 1. The molecule has 176 valence electrons. The van der Waals surface area contributed by atoms with Crippen LogP contribution in [0.3, 0.4) is 0 Å². The van der Waals surface area contributed by atoms with Crippen LogP contribution in [-0.4, -0.2) is 15.5 Å². The van der Waals surface area contributed by atoms with Gasteiger partial charge in [-0.15, -0.1) is 0 Å². The Kier molecular flexibility index (Phi) is 5.26. The summed E-state index contributed by atoms with van der Waals surface area (Å²) in [4.78, 5) is 0.261. The van der Waals surface area contributed by atoms with Gasteiger partial charge in [-0.1, -0.05) is 54.6 Å². The van der Waals surface area contributed by atoms with Gasteiger partial charge in [0.1, 0.15) is 5.75 Å². The summed E-state index contributed by atoms with van der Waals surface area (Å²) in [5.41, 5.74) is 3.79. The molecule has 6 rings (SSSR count). The highest BCUT2D eigenvalue weighted by molar-refractivity contribution is 7.92. The van der Waals surface area contributed by atoms with E-state index in [4.69, 9.17) is 4.74 Å². The molecule has 6 heteroatoms. The highest BCUT2D eigenvalue weighted by atomic mass is 32.2. The van der Waals surface area contributed by atoms with Gasteiger partial charge in [0.2, 0.25) is 0 Å². The van der Waals surface area contributed by atoms with E-state index in [2.05, 4.69) is 64.7 Å². The molecule has 1 heterocycles. The molecule has 0 saturated carbocycles. The predicted octanol–water partition coefficient (Wildman–Crippen LogP) is 6.48. The van der Waals surface area contributed by atoms with E-state index < -0.39 is 10.0 Å². The average molecular weight is 483 g/mol. The van der Waals surface area contributed by atoms with Crippen molar-refractivity contribution in [2.24, 2.45) is 5.92 Å². The van der Waals surface area contributed by atoms with E-state index in [0.29, 0.717) is 17.4 Å². The van der Waals surface area contributed by atoms with E-state index in [1.165, 1.54) is 16.3 Å². The van der Waals surface area contributed by atoms with Crippen molar-refractivity contribution in [2.75, 3.05) is 17.1 Å². The van der Waals surface area contributed by atoms with Crippen LogP contribution >= 0.6 is 0 Å². The molecule has 2 N–H and O–H groups in total. The van der Waals surface area contributed by atoms with Gasteiger partial charge in [0.25, 0.3) is 10.0 Å². The number of nitrogens with one attached hydrogen (secondary N) is 2. The molecule has 0 aromatic heterocycles. The lowest BCUT2D eigenvalue weighted by molar-refractivity contribution is 0.415. The molecule has 3 atom stereocenters. The van der Waals surface area contributed by atoms with Crippen molar-refractivity contribution in [3.05, 3.63) is 108 Å². The van der Waals surface area contributed by atoms with E-state index in [1.54, 1.807) is 37.4 Å². The van der Waals surface area contributed by atoms with Crippen LogP contribution in [0.15, 0.2) is 102 Å². The number of hydrogen-bond donors (Lipinski definition) is 2. The Balaban J connectivity index is 1.35. The molecule has 0 radical (unpaired) electrons. The highest BCUT2D eigenvalue weighted by Crippen LogP contribution is 2.51. The van der Waals surface area contributed by atoms with E-state index in [0.717, 1.165) is 17.7 Å². The number of rotatable bonds is 5. The Hall–Kier alpha value is -3.77. The molecule has 0 bridgehead atoms. The van der Waals surface area contributed by atoms with Crippen LogP contribution in [0.1, 0.15) is 29.5 Å². The molecule has 0 spiro atoms. The van der Waals surface area contributed by atoms with Gasteiger partial charge in [-0.3, -0.25) is 4.72 Å². The minimum atomic E-state index is -3.73. The summed E-state index contributed by atoms with van der Waals surface area (Å²) in [5, 5.41) is 6.23. The van der Waals surface area contributed by atoms with Crippen LogP contribution in [-0.2, 0) is 10.0 Å². The van der Waals surface area contributed by atoms with Crippen molar-refractivity contribution in [3.63, 3.8) is 0 Å². The van der Waals surface area contributed by atoms with Crippen LogP contribution in [0.4, 0.5) is 11.4 Å². The Labute approximate surface area is 205 Å². The fourth-order valence-electron chi connectivity index (χ4n) is 5.44. The summed E-state index contributed by atoms with van der Waals surface area (Å²) in [7, 11) is -2.15. The van der Waals surface area contributed by atoms with Gasteiger partial charge in [0.05, 0.1) is 18.0 Å². The number of benzene rings is 4. The van der Waals surface area contributed by atoms with Gasteiger partial charge in [0.15, 0.2) is 0 Å². The molecule has 1 aliphatic carbocycles. The second kappa shape index (κ2) is 8.47. The maximum Gasteiger partial charge on any atom is 0.261 e. The van der Waals surface area contributed by atoms with E-state index in [-0.39, 0.29) is 16.9 Å². The molecule has 1 aliphatic heterocycles. The maximum absolute atomic E-state index is 13.2. The third-order valence-electron chi connectivity index (χ3n) is 7.15. The van der Waals surface area contributed by atoms with Crippen molar-refractivity contribution >= 4 is 32.2 Å².